The molecule has 2 rings (SSSR count). The van der Waals surface area contributed by atoms with Gasteiger partial charge >= 0.3 is 5.97 Å². The quantitative estimate of drug-likeness (QED) is 0.818. The molecule has 1 aromatic rings. The molecule has 0 aliphatic carbocycles. The summed E-state index contributed by atoms with van der Waals surface area (Å²) >= 11 is 7.65. The molecule has 18 heavy (non-hydrogen) atoms. The fraction of sp³-hybridized carbons (Fsp3) is 0.444. The van der Waals surface area contributed by atoms with E-state index in [4.69, 9.17) is 5.11 Å². The minimum absolute atomic E-state index is 0.118. The molecule has 0 bridgehead atoms. The fourth-order valence-electron chi connectivity index (χ4n) is 1.90. The van der Waals surface area contributed by atoms with Crippen molar-refractivity contribution >= 4 is 59.2 Å². The average molecular weight is 419 g/mol. The van der Waals surface area contributed by atoms with Gasteiger partial charge in [-0.05, 0) is 50.8 Å². The van der Waals surface area contributed by atoms with Crippen LogP contribution in [0.3, 0.4) is 0 Å². The van der Waals surface area contributed by atoms with Crippen LogP contribution in [0.2, 0.25) is 0 Å². The van der Waals surface area contributed by atoms with Crippen LogP contribution in [0.1, 0.15) is 12.8 Å². The Morgan fingerprint density at radius 1 is 1.50 bits per heavy atom. The van der Waals surface area contributed by atoms with Crippen molar-refractivity contribution in [3.63, 3.8) is 0 Å². The van der Waals surface area contributed by atoms with E-state index in [1.165, 1.54) is 17.4 Å². The smallest absolute Gasteiger partial charge is 0.322 e. The molecule has 1 aromatic heterocycles. The van der Waals surface area contributed by atoms with E-state index < -0.39 is 22.0 Å². The summed E-state index contributed by atoms with van der Waals surface area (Å²) in [7, 11) is -3.76. The van der Waals surface area contributed by atoms with E-state index in [-0.39, 0.29) is 11.4 Å². The predicted molar refractivity (Wildman–Crippen MR) is 74.3 cm³/mol. The average Bonchev–Trinajstić information content (AvgIpc) is 2.84. The highest BCUT2D eigenvalue weighted by molar-refractivity contribution is 9.12. The molecule has 0 spiro atoms. The molecule has 1 aliphatic rings. The zero-order valence-corrected chi connectivity index (χ0v) is 13.8. The highest BCUT2D eigenvalue weighted by Gasteiger charge is 2.40. The van der Waals surface area contributed by atoms with E-state index >= 15 is 0 Å². The van der Waals surface area contributed by atoms with Crippen LogP contribution in [0.4, 0.5) is 0 Å². The Bertz CT molecular complexity index is 583. The van der Waals surface area contributed by atoms with E-state index in [0.717, 1.165) is 4.31 Å². The number of nitrogens with zero attached hydrogens (tertiary/aromatic N) is 1. The van der Waals surface area contributed by atoms with Crippen LogP contribution in [0.15, 0.2) is 18.5 Å². The molecule has 0 amide bonds. The van der Waals surface area contributed by atoms with Gasteiger partial charge in [0.05, 0.1) is 7.57 Å². The molecule has 0 aromatic carbocycles. The maximum atomic E-state index is 12.4. The summed E-state index contributed by atoms with van der Waals surface area (Å²) in [6.45, 7) is 0.249. The van der Waals surface area contributed by atoms with Crippen LogP contribution < -0.4 is 0 Å². The highest BCUT2D eigenvalue weighted by Crippen LogP contribution is 2.38. The second kappa shape index (κ2) is 5.20. The van der Waals surface area contributed by atoms with Gasteiger partial charge in [0.15, 0.2) is 0 Å². The Kier molecular flexibility index (Phi) is 4.17. The van der Waals surface area contributed by atoms with Crippen LogP contribution >= 0.6 is 43.2 Å². The summed E-state index contributed by atoms with van der Waals surface area (Å²) in [4.78, 5) is 11.2. The molecule has 1 atom stereocenters. The van der Waals surface area contributed by atoms with E-state index in [9.17, 15) is 13.2 Å². The third-order valence-corrected chi connectivity index (χ3v) is 7.36. The molecule has 0 saturated carbocycles. The lowest BCUT2D eigenvalue weighted by Gasteiger charge is -2.20. The van der Waals surface area contributed by atoms with Gasteiger partial charge < -0.3 is 5.11 Å². The molecule has 0 radical (unpaired) electrons. The van der Waals surface area contributed by atoms with Crippen LogP contribution in [0.5, 0.6) is 0 Å². The summed E-state index contributed by atoms with van der Waals surface area (Å²) in [6, 6.07) is 0.530. The normalized spacial score (nSPS) is 21.3. The first-order valence-corrected chi connectivity index (χ1v) is 8.88. The Morgan fingerprint density at radius 2 is 2.17 bits per heavy atom. The number of sulfonamides is 1. The molecule has 1 fully saturated rings. The van der Waals surface area contributed by atoms with Crippen molar-refractivity contribution in [3.8, 4) is 0 Å². The van der Waals surface area contributed by atoms with Gasteiger partial charge in [-0.25, -0.2) is 8.42 Å². The van der Waals surface area contributed by atoms with Gasteiger partial charge in [-0.2, -0.15) is 4.31 Å². The summed E-state index contributed by atoms with van der Waals surface area (Å²) in [6.07, 6.45) is 0.927. The Morgan fingerprint density at radius 3 is 2.67 bits per heavy atom. The molecule has 0 unspecified atom stereocenters. The van der Waals surface area contributed by atoms with Crippen LogP contribution in [-0.4, -0.2) is 36.4 Å². The standard InChI is InChI=1S/C9H9Br2NO4S2/c10-7-4-6(8(11)17-7)18(15,16)12-3-1-2-5(12)9(13)14/h4-5H,1-3H2,(H,13,14)/t5-/m0/s1. The second-order valence-electron chi connectivity index (χ2n) is 3.80. The Hall–Kier alpha value is 0.0400. The van der Waals surface area contributed by atoms with Crippen LogP contribution in [0.25, 0.3) is 0 Å². The lowest BCUT2D eigenvalue weighted by molar-refractivity contribution is -0.140. The largest absolute Gasteiger partial charge is 0.480 e. The van der Waals surface area contributed by atoms with E-state index in [2.05, 4.69) is 31.9 Å². The predicted octanol–water partition coefficient (Wildman–Crippen LogP) is 2.51. The minimum Gasteiger partial charge on any atom is -0.480 e. The SMILES string of the molecule is O=C(O)[C@@H]1CCCN1S(=O)(=O)c1cc(Br)sc1Br. The highest BCUT2D eigenvalue weighted by atomic mass is 79.9. The topological polar surface area (TPSA) is 74.7 Å². The first kappa shape index (κ1) is 14.4. The van der Waals surface area contributed by atoms with E-state index in [1.807, 2.05) is 0 Å². The number of hydrogen-bond donors (Lipinski definition) is 1. The zero-order chi connectivity index (χ0) is 13.5. The number of carboxylic acid groups (broad SMARTS) is 1. The maximum Gasteiger partial charge on any atom is 0.322 e. The van der Waals surface area contributed by atoms with Crippen molar-refractivity contribution in [2.24, 2.45) is 0 Å². The molecule has 9 heteroatoms. The van der Waals surface area contributed by atoms with Crippen molar-refractivity contribution in [3.05, 3.63) is 13.6 Å². The number of rotatable bonds is 3. The molecular weight excluding hydrogens is 410 g/mol. The van der Waals surface area contributed by atoms with Gasteiger partial charge in [-0.15, -0.1) is 11.3 Å². The number of hydrogen-bond acceptors (Lipinski definition) is 4. The Labute approximate surface area is 125 Å². The first-order chi connectivity index (χ1) is 8.34. The first-order valence-electron chi connectivity index (χ1n) is 5.03. The number of carbonyl (C=O) groups is 1. The lowest BCUT2D eigenvalue weighted by Crippen LogP contribution is -2.40. The van der Waals surface area contributed by atoms with Gasteiger partial charge in [-0.1, -0.05) is 0 Å². The fourth-order valence-corrected chi connectivity index (χ4v) is 7.32. The third-order valence-electron chi connectivity index (χ3n) is 2.70. The summed E-state index contributed by atoms with van der Waals surface area (Å²) in [5, 5.41) is 9.04. The van der Waals surface area contributed by atoms with Crippen molar-refractivity contribution in [1.29, 1.82) is 0 Å². The number of carboxylic acids is 1. The number of halogens is 2. The van der Waals surface area contributed by atoms with Crippen molar-refractivity contribution in [1.82, 2.24) is 4.31 Å². The van der Waals surface area contributed by atoms with Gasteiger partial charge in [0.1, 0.15) is 10.9 Å². The van der Waals surface area contributed by atoms with Crippen molar-refractivity contribution in [2.45, 2.75) is 23.8 Å². The number of thiophene rings is 1. The van der Waals surface area contributed by atoms with Gasteiger partial charge in [0, 0.05) is 6.54 Å². The molecule has 1 N–H and O–H groups in total. The molecule has 1 aliphatic heterocycles. The molecule has 2 heterocycles. The van der Waals surface area contributed by atoms with Gasteiger partial charge in [0.2, 0.25) is 10.0 Å². The maximum absolute atomic E-state index is 12.4. The molecule has 5 nitrogen and oxygen atoms in total. The second-order valence-corrected chi connectivity index (χ2v) is 9.41. The van der Waals surface area contributed by atoms with Crippen LogP contribution in [-0.2, 0) is 14.8 Å². The summed E-state index contributed by atoms with van der Waals surface area (Å²) < 4.78 is 27.0. The van der Waals surface area contributed by atoms with Gasteiger partial charge in [-0.3, -0.25) is 4.79 Å². The molecule has 1 saturated heterocycles. The van der Waals surface area contributed by atoms with Crippen molar-refractivity contribution < 1.29 is 18.3 Å². The summed E-state index contributed by atoms with van der Waals surface area (Å²) in [5.74, 6) is -1.10. The number of aliphatic carboxylic acids is 1. The Balaban J connectivity index is 2.43. The van der Waals surface area contributed by atoms with Gasteiger partial charge in [0.25, 0.3) is 0 Å². The molecular formula is C9H9Br2NO4S2. The van der Waals surface area contributed by atoms with Crippen molar-refractivity contribution in [2.75, 3.05) is 6.54 Å². The molecule has 100 valence electrons. The zero-order valence-electron chi connectivity index (χ0n) is 8.97. The van der Waals surface area contributed by atoms with E-state index in [0.29, 0.717) is 20.4 Å². The summed E-state index contributed by atoms with van der Waals surface area (Å²) in [5.41, 5.74) is 0. The monoisotopic (exact) mass is 417 g/mol. The lowest BCUT2D eigenvalue weighted by atomic mass is 10.2. The van der Waals surface area contributed by atoms with Crippen LogP contribution in [0, 0.1) is 0 Å². The minimum atomic E-state index is -3.76. The third kappa shape index (κ3) is 2.51. The van der Waals surface area contributed by atoms with E-state index in [1.54, 1.807) is 0 Å².